The Kier molecular flexibility index (Phi) is 5.20. The van der Waals surface area contributed by atoms with Gasteiger partial charge in [0.25, 0.3) is 0 Å². The minimum atomic E-state index is -0.991. The van der Waals surface area contributed by atoms with Crippen molar-refractivity contribution in [2.45, 2.75) is 32.3 Å². The maximum atomic E-state index is 11.4. The number of carboxylic acids is 1. The lowest BCUT2D eigenvalue weighted by Crippen LogP contribution is -2.12. The molecule has 0 saturated carbocycles. The SMILES string of the molecule is CCC(OC(=O)CCC(=O)O)c1ccccc1. The van der Waals surface area contributed by atoms with E-state index in [1.807, 2.05) is 37.3 Å². The zero-order chi connectivity index (χ0) is 12.7. The predicted octanol–water partition coefficient (Wildman–Crippen LogP) is 2.55. The molecule has 1 atom stereocenters. The minimum Gasteiger partial charge on any atom is -0.481 e. The zero-order valence-electron chi connectivity index (χ0n) is 9.76. The lowest BCUT2D eigenvalue weighted by atomic mass is 10.1. The van der Waals surface area contributed by atoms with Gasteiger partial charge in [0, 0.05) is 0 Å². The molecule has 4 heteroatoms. The van der Waals surface area contributed by atoms with Crippen LogP contribution in [0.3, 0.4) is 0 Å². The van der Waals surface area contributed by atoms with Gasteiger partial charge in [0.05, 0.1) is 12.8 Å². The van der Waals surface area contributed by atoms with Gasteiger partial charge in [-0.1, -0.05) is 37.3 Å². The summed E-state index contributed by atoms with van der Waals surface area (Å²) < 4.78 is 5.23. The van der Waals surface area contributed by atoms with Crippen LogP contribution in [-0.4, -0.2) is 17.0 Å². The van der Waals surface area contributed by atoms with Crippen LogP contribution in [0.2, 0.25) is 0 Å². The Morgan fingerprint density at radius 2 is 1.88 bits per heavy atom. The van der Waals surface area contributed by atoms with E-state index < -0.39 is 11.9 Å². The van der Waals surface area contributed by atoms with Crippen molar-refractivity contribution in [1.82, 2.24) is 0 Å². The predicted molar refractivity (Wildman–Crippen MR) is 62.4 cm³/mol. The molecule has 0 radical (unpaired) electrons. The van der Waals surface area contributed by atoms with Crippen molar-refractivity contribution in [2.24, 2.45) is 0 Å². The van der Waals surface area contributed by atoms with E-state index in [2.05, 4.69) is 0 Å². The van der Waals surface area contributed by atoms with Gasteiger partial charge < -0.3 is 9.84 Å². The van der Waals surface area contributed by atoms with E-state index in [0.717, 1.165) is 5.56 Å². The third-order valence-corrected chi connectivity index (χ3v) is 2.36. The summed E-state index contributed by atoms with van der Waals surface area (Å²) in [6, 6.07) is 9.42. The van der Waals surface area contributed by atoms with Gasteiger partial charge in [-0.3, -0.25) is 9.59 Å². The molecule has 0 heterocycles. The quantitative estimate of drug-likeness (QED) is 0.771. The lowest BCUT2D eigenvalue weighted by molar-refractivity contribution is -0.152. The van der Waals surface area contributed by atoms with Gasteiger partial charge in [-0.25, -0.2) is 0 Å². The van der Waals surface area contributed by atoms with Crippen LogP contribution in [0.4, 0.5) is 0 Å². The molecule has 0 spiro atoms. The van der Waals surface area contributed by atoms with Crippen LogP contribution < -0.4 is 0 Å². The van der Waals surface area contributed by atoms with Gasteiger partial charge in [0.2, 0.25) is 0 Å². The summed E-state index contributed by atoms with van der Waals surface area (Å²) in [6.45, 7) is 1.92. The maximum absolute atomic E-state index is 11.4. The number of carbonyl (C=O) groups excluding carboxylic acids is 1. The van der Waals surface area contributed by atoms with E-state index in [0.29, 0.717) is 6.42 Å². The highest BCUT2D eigenvalue weighted by molar-refractivity contribution is 5.76. The number of carboxylic acid groups (broad SMARTS) is 1. The largest absolute Gasteiger partial charge is 0.481 e. The maximum Gasteiger partial charge on any atom is 0.306 e. The molecule has 17 heavy (non-hydrogen) atoms. The average Bonchev–Trinajstić information content (AvgIpc) is 2.34. The van der Waals surface area contributed by atoms with Crippen LogP contribution in [0.1, 0.15) is 37.9 Å². The number of esters is 1. The van der Waals surface area contributed by atoms with Crippen molar-refractivity contribution in [3.05, 3.63) is 35.9 Å². The molecule has 1 aromatic carbocycles. The van der Waals surface area contributed by atoms with E-state index in [4.69, 9.17) is 9.84 Å². The van der Waals surface area contributed by atoms with Crippen LogP contribution in [0.25, 0.3) is 0 Å². The monoisotopic (exact) mass is 236 g/mol. The average molecular weight is 236 g/mol. The van der Waals surface area contributed by atoms with Gasteiger partial charge in [0.1, 0.15) is 6.10 Å². The van der Waals surface area contributed by atoms with Crippen LogP contribution in [0, 0.1) is 0 Å². The molecule has 0 bridgehead atoms. The Bertz CT molecular complexity index is 372. The molecule has 92 valence electrons. The number of aliphatic carboxylic acids is 1. The highest BCUT2D eigenvalue weighted by Crippen LogP contribution is 2.21. The molecular formula is C13H16O4. The van der Waals surface area contributed by atoms with Crippen LogP contribution in [0.5, 0.6) is 0 Å². The number of ether oxygens (including phenoxy) is 1. The second-order valence-corrected chi connectivity index (χ2v) is 3.69. The van der Waals surface area contributed by atoms with E-state index in [1.165, 1.54) is 0 Å². The molecule has 4 nitrogen and oxygen atoms in total. The standard InChI is InChI=1S/C13H16O4/c1-2-11(10-6-4-3-5-7-10)17-13(16)9-8-12(14)15/h3-7,11H,2,8-9H2,1H3,(H,14,15). The molecule has 1 rings (SSSR count). The van der Waals surface area contributed by atoms with Gasteiger partial charge in [-0.2, -0.15) is 0 Å². The molecule has 0 aliphatic rings. The smallest absolute Gasteiger partial charge is 0.306 e. The second kappa shape index (κ2) is 6.68. The molecule has 0 saturated heterocycles. The number of hydrogen-bond acceptors (Lipinski definition) is 3. The molecular weight excluding hydrogens is 220 g/mol. The first kappa shape index (κ1) is 13.2. The topological polar surface area (TPSA) is 63.6 Å². The Balaban J connectivity index is 2.53. The third-order valence-electron chi connectivity index (χ3n) is 2.36. The summed E-state index contributed by atoms with van der Waals surface area (Å²) in [5.41, 5.74) is 0.929. The molecule has 0 aliphatic heterocycles. The van der Waals surface area contributed by atoms with Crippen molar-refractivity contribution >= 4 is 11.9 Å². The summed E-state index contributed by atoms with van der Waals surface area (Å²) in [7, 11) is 0. The first-order chi connectivity index (χ1) is 8.13. The fourth-order valence-electron chi connectivity index (χ4n) is 1.48. The van der Waals surface area contributed by atoms with Gasteiger partial charge in [-0.15, -0.1) is 0 Å². The summed E-state index contributed by atoms with van der Waals surface area (Å²) in [5.74, 6) is -1.46. The van der Waals surface area contributed by atoms with E-state index >= 15 is 0 Å². The molecule has 0 aromatic heterocycles. The van der Waals surface area contributed by atoms with Crippen LogP contribution in [-0.2, 0) is 14.3 Å². The van der Waals surface area contributed by atoms with Gasteiger partial charge in [0.15, 0.2) is 0 Å². The van der Waals surface area contributed by atoms with Crippen molar-refractivity contribution in [3.8, 4) is 0 Å². The molecule has 1 N–H and O–H groups in total. The minimum absolute atomic E-state index is 0.0847. The first-order valence-corrected chi connectivity index (χ1v) is 5.59. The van der Waals surface area contributed by atoms with Crippen molar-refractivity contribution in [1.29, 1.82) is 0 Å². The molecule has 0 amide bonds. The number of carbonyl (C=O) groups is 2. The summed E-state index contributed by atoms with van der Waals surface area (Å²) in [4.78, 5) is 21.7. The Labute approximate surface area is 100 Å². The second-order valence-electron chi connectivity index (χ2n) is 3.69. The van der Waals surface area contributed by atoms with E-state index in [9.17, 15) is 9.59 Å². The molecule has 1 unspecified atom stereocenters. The molecule has 1 aromatic rings. The normalized spacial score (nSPS) is 11.8. The summed E-state index contributed by atoms with van der Waals surface area (Å²) >= 11 is 0. The summed E-state index contributed by atoms with van der Waals surface area (Å²) in [6.07, 6.45) is 0.100. The lowest BCUT2D eigenvalue weighted by Gasteiger charge is -2.16. The highest BCUT2D eigenvalue weighted by Gasteiger charge is 2.15. The Hall–Kier alpha value is -1.84. The number of benzene rings is 1. The fourth-order valence-corrected chi connectivity index (χ4v) is 1.48. The molecule has 0 aliphatic carbocycles. The van der Waals surface area contributed by atoms with E-state index in [1.54, 1.807) is 0 Å². The Morgan fingerprint density at radius 1 is 1.24 bits per heavy atom. The van der Waals surface area contributed by atoms with Gasteiger partial charge >= 0.3 is 11.9 Å². The zero-order valence-corrected chi connectivity index (χ0v) is 9.76. The first-order valence-electron chi connectivity index (χ1n) is 5.59. The third kappa shape index (κ3) is 4.68. The van der Waals surface area contributed by atoms with Crippen molar-refractivity contribution in [2.75, 3.05) is 0 Å². The molecule has 0 fully saturated rings. The Morgan fingerprint density at radius 3 is 2.41 bits per heavy atom. The van der Waals surface area contributed by atoms with Crippen molar-refractivity contribution < 1.29 is 19.4 Å². The van der Waals surface area contributed by atoms with Gasteiger partial charge in [-0.05, 0) is 12.0 Å². The van der Waals surface area contributed by atoms with E-state index in [-0.39, 0.29) is 18.9 Å². The summed E-state index contributed by atoms with van der Waals surface area (Å²) in [5, 5.41) is 8.46. The number of hydrogen-bond donors (Lipinski definition) is 1. The number of rotatable bonds is 6. The van der Waals surface area contributed by atoms with Crippen molar-refractivity contribution in [3.63, 3.8) is 0 Å². The fraction of sp³-hybridized carbons (Fsp3) is 0.385. The van der Waals surface area contributed by atoms with Crippen LogP contribution >= 0.6 is 0 Å². The highest BCUT2D eigenvalue weighted by atomic mass is 16.5. The van der Waals surface area contributed by atoms with Crippen LogP contribution in [0.15, 0.2) is 30.3 Å².